The van der Waals surface area contributed by atoms with E-state index in [0.29, 0.717) is 16.3 Å². The molecule has 0 bridgehead atoms. The third-order valence-corrected chi connectivity index (χ3v) is 4.57. The lowest BCUT2D eigenvalue weighted by atomic mass is 10.0. The third-order valence-electron chi connectivity index (χ3n) is 3.99. The van der Waals surface area contributed by atoms with Gasteiger partial charge in [-0.3, -0.25) is 14.9 Å². The van der Waals surface area contributed by atoms with E-state index >= 15 is 0 Å². The molecule has 0 aliphatic heterocycles. The molecule has 0 saturated carbocycles. The first kappa shape index (κ1) is 17.0. The van der Waals surface area contributed by atoms with Gasteiger partial charge in [-0.05, 0) is 37.1 Å². The zero-order valence-corrected chi connectivity index (χ0v) is 14.4. The lowest BCUT2D eigenvalue weighted by Crippen LogP contribution is -2.14. The zero-order chi connectivity index (χ0) is 18.1. The first-order valence-corrected chi connectivity index (χ1v) is 7.94. The molecule has 0 fully saturated rings. The number of hydrogen-bond donors (Lipinski definition) is 1. The number of halogens is 1. The summed E-state index contributed by atoms with van der Waals surface area (Å²) in [5, 5.41) is 14.9. The van der Waals surface area contributed by atoms with Gasteiger partial charge >= 0.3 is 0 Å². The summed E-state index contributed by atoms with van der Waals surface area (Å²) >= 11 is 6.29. The number of fused-ring (bicyclic) bond motifs is 1. The van der Waals surface area contributed by atoms with Crippen LogP contribution in [0.4, 0.5) is 11.4 Å². The van der Waals surface area contributed by atoms with Gasteiger partial charge in [-0.1, -0.05) is 17.7 Å². The van der Waals surface area contributed by atoms with Crippen molar-refractivity contribution in [2.75, 3.05) is 5.32 Å². The van der Waals surface area contributed by atoms with Gasteiger partial charge in [-0.25, -0.2) is 0 Å². The number of carbonyl (C=O) groups excluding carboxylic acids is 1. The zero-order valence-electron chi connectivity index (χ0n) is 13.6. The molecule has 1 N–H and O–H groups in total. The van der Waals surface area contributed by atoms with Gasteiger partial charge in [0, 0.05) is 33.8 Å². The molecule has 3 rings (SSSR count). The number of amides is 1. The van der Waals surface area contributed by atoms with E-state index in [9.17, 15) is 14.9 Å². The fourth-order valence-corrected chi connectivity index (χ4v) is 2.96. The Kier molecular flexibility index (Phi) is 4.46. The molecular formula is C18H15ClN2O4. The minimum Gasteiger partial charge on any atom is -0.464 e. The van der Waals surface area contributed by atoms with E-state index < -0.39 is 4.92 Å². The van der Waals surface area contributed by atoms with Crippen LogP contribution in [0.5, 0.6) is 0 Å². The topological polar surface area (TPSA) is 85.4 Å². The van der Waals surface area contributed by atoms with Gasteiger partial charge in [0.15, 0.2) is 0 Å². The normalized spacial score (nSPS) is 10.8. The van der Waals surface area contributed by atoms with Crippen LogP contribution in [-0.4, -0.2) is 10.8 Å². The molecule has 6 nitrogen and oxygen atoms in total. The van der Waals surface area contributed by atoms with Crippen LogP contribution < -0.4 is 5.32 Å². The first-order valence-electron chi connectivity index (χ1n) is 7.57. The lowest BCUT2D eigenvalue weighted by Gasteiger charge is -2.07. The summed E-state index contributed by atoms with van der Waals surface area (Å²) in [4.78, 5) is 22.6. The standard InChI is InChI=1S/C18H15ClN2O4/c1-10-6-15-17(11(2)18(10)19)12(9-25-15)7-16(22)20-13-4-3-5-14(8-13)21(23)24/h3-6,8-9H,7H2,1-2H3,(H,20,22). The highest BCUT2D eigenvalue weighted by Gasteiger charge is 2.16. The second-order valence-electron chi connectivity index (χ2n) is 5.80. The Bertz CT molecular complexity index is 994. The third kappa shape index (κ3) is 3.34. The number of carbonyl (C=O) groups is 1. The van der Waals surface area contributed by atoms with Gasteiger partial charge in [-0.2, -0.15) is 0 Å². The lowest BCUT2D eigenvalue weighted by molar-refractivity contribution is -0.384. The van der Waals surface area contributed by atoms with Crippen molar-refractivity contribution >= 4 is 39.9 Å². The summed E-state index contributed by atoms with van der Waals surface area (Å²) in [5.41, 5.74) is 3.47. The molecule has 0 unspecified atom stereocenters. The smallest absolute Gasteiger partial charge is 0.271 e. The first-order chi connectivity index (χ1) is 11.9. The molecule has 3 aromatic rings. The number of furan rings is 1. The monoisotopic (exact) mass is 358 g/mol. The van der Waals surface area contributed by atoms with Crippen LogP contribution in [0.15, 0.2) is 41.0 Å². The average Bonchev–Trinajstić information content (AvgIpc) is 2.95. The van der Waals surface area contributed by atoms with Crippen LogP contribution in [0.1, 0.15) is 16.7 Å². The molecule has 0 aliphatic carbocycles. The minimum atomic E-state index is -0.507. The highest BCUT2D eigenvalue weighted by Crippen LogP contribution is 2.32. The van der Waals surface area contributed by atoms with Gasteiger partial charge in [0.25, 0.3) is 5.69 Å². The Morgan fingerprint density at radius 1 is 1.32 bits per heavy atom. The highest BCUT2D eigenvalue weighted by molar-refractivity contribution is 6.33. The van der Waals surface area contributed by atoms with Gasteiger partial charge in [0.2, 0.25) is 5.91 Å². The van der Waals surface area contributed by atoms with Crippen LogP contribution >= 0.6 is 11.6 Å². The predicted octanol–water partition coefficient (Wildman–Crippen LogP) is 4.79. The van der Waals surface area contributed by atoms with Crippen LogP contribution in [-0.2, 0) is 11.2 Å². The van der Waals surface area contributed by atoms with E-state index in [4.69, 9.17) is 16.0 Å². The Hall–Kier alpha value is -2.86. The quantitative estimate of drug-likeness (QED) is 0.536. The molecule has 0 aliphatic rings. The summed E-state index contributed by atoms with van der Waals surface area (Å²) in [6.45, 7) is 3.78. The number of nitrogens with one attached hydrogen (secondary N) is 1. The van der Waals surface area contributed by atoms with Crippen LogP contribution in [0.2, 0.25) is 5.02 Å². The van der Waals surface area contributed by atoms with Crippen molar-refractivity contribution in [2.45, 2.75) is 20.3 Å². The SMILES string of the molecule is Cc1cc2occ(CC(=O)Nc3cccc([N+](=O)[O-])c3)c2c(C)c1Cl. The number of nitrogens with zero attached hydrogens (tertiary/aromatic N) is 1. The summed E-state index contributed by atoms with van der Waals surface area (Å²) < 4.78 is 5.54. The summed E-state index contributed by atoms with van der Waals surface area (Å²) in [7, 11) is 0. The maximum Gasteiger partial charge on any atom is 0.271 e. The maximum atomic E-state index is 12.3. The number of benzene rings is 2. The summed E-state index contributed by atoms with van der Waals surface area (Å²) in [6.07, 6.45) is 1.62. The second-order valence-corrected chi connectivity index (χ2v) is 6.18. The van der Waals surface area contributed by atoms with E-state index in [1.54, 1.807) is 12.3 Å². The van der Waals surface area contributed by atoms with Gasteiger partial charge in [-0.15, -0.1) is 0 Å². The van der Waals surface area contributed by atoms with Gasteiger partial charge in [0.05, 0.1) is 17.6 Å². The fourth-order valence-electron chi connectivity index (χ4n) is 2.81. The molecule has 1 aromatic heterocycles. The Labute approximate surface area is 148 Å². The molecule has 7 heteroatoms. The van der Waals surface area contributed by atoms with Gasteiger partial charge < -0.3 is 9.73 Å². The molecule has 25 heavy (non-hydrogen) atoms. The Morgan fingerprint density at radius 3 is 2.80 bits per heavy atom. The van der Waals surface area contributed by atoms with E-state index in [-0.39, 0.29) is 18.0 Å². The molecule has 0 radical (unpaired) electrons. The number of rotatable bonds is 4. The van der Waals surface area contributed by atoms with Gasteiger partial charge in [0.1, 0.15) is 5.58 Å². The van der Waals surface area contributed by atoms with Crippen LogP contribution in [0.3, 0.4) is 0 Å². The number of non-ortho nitro benzene ring substituents is 1. The molecule has 0 spiro atoms. The Balaban J connectivity index is 1.84. The predicted molar refractivity (Wildman–Crippen MR) is 96.1 cm³/mol. The fraction of sp³-hybridized carbons (Fsp3) is 0.167. The number of hydrogen-bond acceptors (Lipinski definition) is 4. The van der Waals surface area contributed by atoms with Crippen molar-refractivity contribution in [3.63, 3.8) is 0 Å². The van der Waals surface area contributed by atoms with Crippen LogP contribution in [0, 0.1) is 24.0 Å². The number of aryl methyl sites for hydroxylation is 2. The van der Waals surface area contributed by atoms with Crippen molar-refractivity contribution in [1.82, 2.24) is 0 Å². The highest BCUT2D eigenvalue weighted by atomic mass is 35.5. The molecular weight excluding hydrogens is 344 g/mol. The molecule has 1 amide bonds. The second kappa shape index (κ2) is 6.57. The van der Waals surface area contributed by atoms with Crippen molar-refractivity contribution in [1.29, 1.82) is 0 Å². The molecule has 128 valence electrons. The molecule has 0 saturated heterocycles. The number of nitro groups is 1. The van der Waals surface area contributed by atoms with Crippen molar-refractivity contribution in [3.8, 4) is 0 Å². The maximum absolute atomic E-state index is 12.3. The van der Waals surface area contributed by atoms with E-state index in [2.05, 4.69) is 5.32 Å². The Morgan fingerprint density at radius 2 is 2.08 bits per heavy atom. The molecule has 0 atom stereocenters. The van der Waals surface area contributed by atoms with E-state index in [1.807, 2.05) is 19.9 Å². The largest absolute Gasteiger partial charge is 0.464 e. The van der Waals surface area contributed by atoms with Crippen molar-refractivity contribution < 1.29 is 14.1 Å². The average molecular weight is 359 g/mol. The van der Waals surface area contributed by atoms with Crippen molar-refractivity contribution in [2.24, 2.45) is 0 Å². The molecule has 2 aromatic carbocycles. The van der Waals surface area contributed by atoms with Crippen LogP contribution in [0.25, 0.3) is 11.0 Å². The van der Waals surface area contributed by atoms with E-state index in [0.717, 1.165) is 22.1 Å². The number of nitro benzene ring substituents is 1. The summed E-state index contributed by atoms with van der Waals surface area (Å²) in [6, 6.07) is 7.65. The molecule has 1 heterocycles. The number of anilines is 1. The van der Waals surface area contributed by atoms with E-state index in [1.165, 1.54) is 18.2 Å². The van der Waals surface area contributed by atoms with Crippen molar-refractivity contribution in [3.05, 3.63) is 68.4 Å². The minimum absolute atomic E-state index is 0.0790. The summed E-state index contributed by atoms with van der Waals surface area (Å²) in [5.74, 6) is -0.292.